The minimum atomic E-state index is -0.191. The van der Waals surface area contributed by atoms with Crippen LogP contribution in [0.4, 0.5) is 4.79 Å². The number of carbonyl (C=O) groups is 1. The van der Waals surface area contributed by atoms with Crippen LogP contribution in [0, 0.1) is 0 Å². The van der Waals surface area contributed by atoms with E-state index in [2.05, 4.69) is 5.32 Å². The molecule has 132 valence electrons. The average molecular weight is 332 g/mol. The zero-order valence-electron chi connectivity index (χ0n) is 14.2. The molecule has 0 spiro atoms. The van der Waals surface area contributed by atoms with E-state index in [1.807, 2.05) is 35.2 Å². The number of aliphatic hydroxyl groups is 1. The Kier molecular flexibility index (Phi) is 6.10. The predicted octanol–water partition coefficient (Wildman–Crippen LogP) is 2.68. The lowest BCUT2D eigenvalue weighted by molar-refractivity contribution is 0.0574. The van der Waals surface area contributed by atoms with Gasteiger partial charge in [0.25, 0.3) is 0 Å². The lowest BCUT2D eigenvalue weighted by atomic mass is 9.89. The Bertz CT molecular complexity index is 519. The van der Waals surface area contributed by atoms with E-state index in [1.165, 1.54) is 6.42 Å². The summed E-state index contributed by atoms with van der Waals surface area (Å²) in [7, 11) is 0. The van der Waals surface area contributed by atoms with Gasteiger partial charge >= 0.3 is 6.09 Å². The molecule has 2 unspecified atom stereocenters. The van der Waals surface area contributed by atoms with E-state index in [0.717, 1.165) is 37.7 Å². The van der Waals surface area contributed by atoms with Gasteiger partial charge in [0.1, 0.15) is 6.61 Å². The minimum Gasteiger partial charge on any atom is -0.445 e. The lowest BCUT2D eigenvalue weighted by Crippen LogP contribution is -2.55. The Morgan fingerprint density at radius 2 is 1.92 bits per heavy atom. The molecule has 1 amide bonds. The highest BCUT2D eigenvalue weighted by molar-refractivity contribution is 5.69. The molecule has 0 bridgehead atoms. The van der Waals surface area contributed by atoms with Gasteiger partial charge in [-0.1, -0.05) is 43.2 Å². The van der Waals surface area contributed by atoms with E-state index in [1.54, 1.807) is 0 Å². The standard InChI is InChI=1S/C19H28N2O3/c22-13-12-20-17-8-4-5-9-18(17)21(16-10-11-16)19(23)24-14-15-6-2-1-3-7-15/h1-3,6-7,16-18,20,22H,4-5,8-14H2. The largest absolute Gasteiger partial charge is 0.445 e. The molecule has 1 aromatic rings. The van der Waals surface area contributed by atoms with Crippen molar-refractivity contribution in [2.45, 2.75) is 63.3 Å². The van der Waals surface area contributed by atoms with Gasteiger partial charge in [-0.15, -0.1) is 0 Å². The van der Waals surface area contributed by atoms with Gasteiger partial charge < -0.3 is 20.1 Å². The van der Waals surface area contributed by atoms with E-state index in [0.29, 0.717) is 19.2 Å². The van der Waals surface area contributed by atoms with E-state index in [-0.39, 0.29) is 24.8 Å². The van der Waals surface area contributed by atoms with Crippen LogP contribution in [0.3, 0.4) is 0 Å². The Balaban J connectivity index is 1.63. The van der Waals surface area contributed by atoms with Crippen molar-refractivity contribution >= 4 is 6.09 Å². The lowest BCUT2D eigenvalue weighted by Gasteiger charge is -2.40. The first kappa shape index (κ1) is 17.2. The zero-order chi connectivity index (χ0) is 16.8. The molecule has 2 N–H and O–H groups in total. The molecule has 0 radical (unpaired) electrons. The molecule has 2 aliphatic carbocycles. The summed E-state index contributed by atoms with van der Waals surface area (Å²) in [5.41, 5.74) is 1.01. The van der Waals surface area contributed by atoms with Crippen LogP contribution in [-0.4, -0.2) is 47.4 Å². The van der Waals surface area contributed by atoms with Crippen LogP contribution >= 0.6 is 0 Å². The first-order valence-electron chi connectivity index (χ1n) is 9.13. The number of hydrogen-bond acceptors (Lipinski definition) is 4. The molecule has 2 aliphatic rings. The topological polar surface area (TPSA) is 61.8 Å². The van der Waals surface area contributed by atoms with Crippen LogP contribution in [-0.2, 0) is 11.3 Å². The molecular formula is C19H28N2O3. The second kappa shape index (κ2) is 8.49. The number of rotatable bonds is 7. The fourth-order valence-electron chi connectivity index (χ4n) is 3.63. The van der Waals surface area contributed by atoms with Crippen molar-refractivity contribution in [1.29, 1.82) is 0 Å². The first-order chi connectivity index (χ1) is 11.8. The van der Waals surface area contributed by atoms with Gasteiger partial charge in [0, 0.05) is 18.6 Å². The molecule has 0 heterocycles. The number of amides is 1. The summed E-state index contributed by atoms with van der Waals surface area (Å²) in [6.07, 6.45) is 6.35. The van der Waals surface area contributed by atoms with E-state index >= 15 is 0 Å². The van der Waals surface area contributed by atoms with Crippen LogP contribution in [0.25, 0.3) is 0 Å². The summed E-state index contributed by atoms with van der Waals surface area (Å²) in [4.78, 5) is 14.7. The Morgan fingerprint density at radius 1 is 1.17 bits per heavy atom. The molecule has 24 heavy (non-hydrogen) atoms. The van der Waals surface area contributed by atoms with Gasteiger partial charge in [0.15, 0.2) is 0 Å². The van der Waals surface area contributed by atoms with Crippen molar-refractivity contribution in [3.05, 3.63) is 35.9 Å². The Morgan fingerprint density at radius 3 is 2.62 bits per heavy atom. The number of benzene rings is 1. The number of nitrogens with one attached hydrogen (secondary N) is 1. The molecule has 1 aromatic carbocycles. The smallest absolute Gasteiger partial charge is 0.410 e. The van der Waals surface area contributed by atoms with Gasteiger partial charge in [0.2, 0.25) is 0 Å². The maximum atomic E-state index is 12.7. The van der Waals surface area contributed by atoms with Gasteiger partial charge in [-0.05, 0) is 31.2 Å². The third-order valence-corrected chi connectivity index (χ3v) is 4.96. The van der Waals surface area contributed by atoms with Crippen LogP contribution in [0.1, 0.15) is 44.1 Å². The third kappa shape index (κ3) is 4.48. The second-order valence-electron chi connectivity index (χ2n) is 6.81. The number of hydrogen-bond donors (Lipinski definition) is 2. The molecule has 2 atom stereocenters. The summed E-state index contributed by atoms with van der Waals surface area (Å²) in [5, 5.41) is 12.5. The zero-order valence-corrected chi connectivity index (χ0v) is 14.2. The van der Waals surface area contributed by atoms with Crippen molar-refractivity contribution in [3.63, 3.8) is 0 Å². The molecule has 2 fully saturated rings. The summed E-state index contributed by atoms with van der Waals surface area (Å²) < 4.78 is 5.61. The number of nitrogens with zero attached hydrogens (tertiary/aromatic N) is 1. The van der Waals surface area contributed by atoms with Crippen LogP contribution < -0.4 is 5.32 Å². The Hall–Kier alpha value is -1.59. The van der Waals surface area contributed by atoms with Crippen molar-refractivity contribution in [1.82, 2.24) is 10.2 Å². The van der Waals surface area contributed by atoms with Gasteiger partial charge in [-0.25, -0.2) is 4.79 Å². The van der Waals surface area contributed by atoms with Crippen LogP contribution in [0.15, 0.2) is 30.3 Å². The normalized spacial score (nSPS) is 23.7. The Labute approximate surface area is 144 Å². The fraction of sp³-hybridized carbons (Fsp3) is 0.632. The highest BCUT2D eigenvalue weighted by Crippen LogP contribution is 2.34. The molecule has 5 nitrogen and oxygen atoms in total. The maximum Gasteiger partial charge on any atom is 0.410 e. The molecule has 0 saturated heterocycles. The molecule has 3 rings (SSSR count). The molecule has 0 aliphatic heterocycles. The molecular weight excluding hydrogens is 304 g/mol. The maximum absolute atomic E-state index is 12.7. The van der Waals surface area contributed by atoms with Crippen LogP contribution in [0.2, 0.25) is 0 Å². The average Bonchev–Trinajstić information content (AvgIpc) is 3.45. The summed E-state index contributed by atoms with van der Waals surface area (Å²) >= 11 is 0. The van der Waals surface area contributed by atoms with E-state index in [9.17, 15) is 4.79 Å². The summed E-state index contributed by atoms with van der Waals surface area (Å²) in [6.45, 7) is 1.04. The van der Waals surface area contributed by atoms with Crippen molar-refractivity contribution < 1.29 is 14.6 Å². The quantitative estimate of drug-likeness (QED) is 0.806. The summed E-state index contributed by atoms with van der Waals surface area (Å²) in [5.74, 6) is 0. The van der Waals surface area contributed by atoms with E-state index in [4.69, 9.17) is 9.84 Å². The summed E-state index contributed by atoms with van der Waals surface area (Å²) in [6, 6.07) is 10.6. The fourth-order valence-corrected chi connectivity index (χ4v) is 3.63. The molecule has 5 heteroatoms. The van der Waals surface area contributed by atoms with Gasteiger partial charge in [-0.3, -0.25) is 0 Å². The highest BCUT2D eigenvalue weighted by atomic mass is 16.6. The minimum absolute atomic E-state index is 0.130. The SMILES string of the molecule is O=C(OCc1ccccc1)N(C1CC1)C1CCCCC1NCCO. The predicted molar refractivity (Wildman–Crippen MR) is 92.6 cm³/mol. The van der Waals surface area contributed by atoms with Crippen LogP contribution in [0.5, 0.6) is 0 Å². The monoisotopic (exact) mass is 332 g/mol. The number of ether oxygens (including phenoxy) is 1. The first-order valence-corrected chi connectivity index (χ1v) is 9.13. The van der Waals surface area contributed by atoms with E-state index < -0.39 is 0 Å². The van der Waals surface area contributed by atoms with Gasteiger partial charge in [-0.2, -0.15) is 0 Å². The molecule has 0 aromatic heterocycles. The number of carbonyl (C=O) groups excluding carboxylic acids is 1. The third-order valence-electron chi connectivity index (χ3n) is 4.96. The van der Waals surface area contributed by atoms with Crippen molar-refractivity contribution in [3.8, 4) is 0 Å². The molecule has 2 saturated carbocycles. The number of aliphatic hydroxyl groups excluding tert-OH is 1. The van der Waals surface area contributed by atoms with Gasteiger partial charge in [0.05, 0.1) is 12.6 Å². The second-order valence-corrected chi connectivity index (χ2v) is 6.81. The van der Waals surface area contributed by atoms with Crippen molar-refractivity contribution in [2.75, 3.05) is 13.2 Å². The van der Waals surface area contributed by atoms with Crippen molar-refractivity contribution in [2.24, 2.45) is 0 Å². The highest BCUT2D eigenvalue weighted by Gasteiger charge is 2.42.